The Bertz CT molecular complexity index is 1320. The number of carboxylic acids is 1. The highest BCUT2D eigenvalue weighted by Gasteiger charge is 2.43. The van der Waals surface area contributed by atoms with Crippen molar-refractivity contribution in [2.24, 2.45) is 0 Å². The molecule has 0 aliphatic carbocycles. The molecule has 0 bridgehead atoms. The van der Waals surface area contributed by atoms with Crippen LogP contribution in [0.1, 0.15) is 31.8 Å². The quantitative estimate of drug-likeness (QED) is 0.475. The molecule has 1 aliphatic rings. The van der Waals surface area contributed by atoms with Crippen LogP contribution in [0.2, 0.25) is 0 Å². The zero-order valence-electron chi connectivity index (χ0n) is 17.1. The van der Waals surface area contributed by atoms with Gasteiger partial charge in [0.15, 0.2) is 0 Å². The molecule has 1 N–H and O–H groups in total. The number of rotatable bonds is 6. The van der Waals surface area contributed by atoms with E-state index in [1.165, 1.54) is 0 Å². The molecule has 0 unspecified atom stereocenters. The van der Waals surface area contributed by atoms with E-state index in [0.29, 0.717) is 6.54 Å². The average molecular weight is 424 g/mol. The van der Waals surface area contributed by atoms with Gasteiger partial charge in [0.25, 0.3) is 11.8 Å². The Balaban J connectivity index is 1.52. The molecule has 3 aromatic carbocycles. The summed E-state index contributed by atoms with van der Waals surface area (Å²) in [4.78, 5) is 38.9. The average Bonchev–Trinajstić information content (AvgIpc) is 3.28. The van der Waals surface area contributed by atoms with Crippen LogP contribution < -0.4 is 0 Å². The molecular formula is C26H20N2O4. The summed E-state index contributed by atoms with van der Waals surface area (Å²) in [5.41, 5.74) is 3.36. The summed E-state index contributed by atoms with van der Waals surface area (Å²) >= 11 is 0. The lowest BCUT2D eigenvalue weighted by molar-refractivity contribution is -0.141. The van der Waals surface area contributed by atoms with Crippen molar-refractivity contribution in [3.05, 3.63) is 107 Å². The third-order valence-corrected chi connectivity index (χ3v) is 5.90. The molecule has 1 atom stereocenters. The molecule has 4 aromatic rings. The molecule has 2 amide bonds. The first-order valence-corrected chi connectivity index (χ1v) is 10.3. The molecule has 0 saturated heterocycles. The first-order valence-electron chi connectivity index (χ1n) is 10.3. The van der Waals surface area contributed by atoms with Gasteiger partial charge in [-0.2, -0.15) is 0 Å². The van der Waals surface area contributed by atoms with Crippen LogP contribution in [0.3, 0.4) is 0 Å². The number of hydrogen-bond donors (Lipinski definition) is 1. The van der Waals surface area contributed by atoms with E-state index in [0.717, 1.165) is 26.9 Å². The van der Waals surface area contributed by atoms with Gasteiger partial charge in [-0.15, -0.1) is 0 Å². The van der Waals surface area contributed by atoms with Gasteiger partial charge in [-0.05, 0) is 29.3 Å². The Hall–Kier alpha value is -4.19. The van der Waals surface area contributed by atoms with Crippen molar-refractivity contribution >= 4 is 28.7 Å². The second-order valence-electron chi connectivity index (χ2n) is 7.87. The van der Waals surface area contributed by atoms with Crippen LogP contribution in [0.5, 0.6) is 0 Å². The highest BCUT2D eigenvalue weighted by molar-refractivity contribution is 6.22. The molecule has 6 heteroatoms. The van der Waals surface area contributed by atoms with Gasteiger partial charge in [0.1, 0.15) is 6.04 Å². The standard InChI is InChI=1S/C26H20N2O4/c29-24-20-11-4-5-12-21(20)25(30)28(24)23(26(31)32)14-18-16-27(15-17-8-2-1-3-9-17)22-13-7-6-10-19(18)22/h1-13,16,23H,14-15H2,(H,31,32)/t23-/m0/s1. The van der Waals surface area contributed by atoms with E-state index >= 15 is 0 Å². The lowest BCUT2D eigenvalue weighted by atomic mass is 10.0. The van der Waals surface area contributed by atoms with Gasteiger partial charge < -0.3 is 9.67 Å². The number of benzene rings is 3. The topological polar surface area (TPSA) is 79.6 Å². The number of nitrogens with zero attached hydrogens (tertiary/aromatic N) is 2. The fourth-order valence-corrected chi connectivity index (χ4v) is 4.38. The van der Waals surface area contributed by atoms with E-state index in [2.05, 4.69) is 4.57 Å². The predicted octanol–water partition coefficient (Wildman–Crippen LogP) is 3.98. The maximum Gasteiger partial charge on any atom is 0.327 e. The minimum atomic E-state index is -1.29. The van der Waals surface area contributed by atoms with Crippen LogP contribution in [0.15, 0.2) is 85.1 Å². The van der Waals surface area contributed by atoms with Crippen molar-refractivity contribution in [3.8, 4) is 0 Å². The largest absolute Gasteiger partial charge is 0.480 e. The van der Waals surface area contributed by atoms with Crippen molar-refractivity contribution < 1.29 is 19.5 Å². The molecule has 0 saturated carbocycles. The summed E-state index contributed by atoms with van der Waals surface area (Å²) in [6.07, 6.45) is 1.95. The minimum absolute atomic E-state index is 0.0309. The Kier molecular flexibility index (Phi) is 4.82. The number of fused-ring (bicyclic) bond motifs is 2. The number of carbonyl (C=O) groups excluding carboxylic acids is 2. The normalized spacial score (nSPS) is 14.1. The van der Waals surface area contributed by atoms with Gasteiger partial charge in [0.05, 0.1) is 11.1 Å². The number of hydrogen-bond acceptors (Lipinski definition) is 3. The molecule has 32 heavy (non-hydrogen) atoms. The summed E-state index contributed by atoms with van der Waals surface area (Å²) in [7, 11) is 0. The highest BCUT2D eigenvalue weighted by atomic mass is 16.4. The molecule has 0 radical (unpaired) electrons. The van der Waals surface area contributed by atoms with Crippen LogP contribution in [0.4, 0.5) is 0 Å². The Morgan fingerprint density at radius 3 is 2.06 bits per heavy atom. The molecule has 0 fully saturated rings. The monoisotopic (exact) mass is 424 g/mol. The highest BCUT2D eigenvalue weighted by Crippen LogP contribution is 2.29. The maximum absolute atomic E-state index is 12.9. The van der Waals surface area contributed by atoms with Crippen LogP contribution >= 0.6 is 0 Å². The summed E-state index contributed by atoms with van der Waals surface area (Å²) in [6.45, 7) is 0.631. The molecule has 6 nitrogen and oxygen atoms in total. The predicted molar refractivity (Wildman–Crippen MR) is 120 cm³/mol. The van der Waals surface area contributed by atoms with Crippen LogP contribution in [0, 0.1) is 0 Å². The van der Waals surface area contributed by atoms with Crippen molar-refractivity contribution in [1.82, 2.24) is 9.47 Å². The van der Waals surface area contributed by atoms with Crippen LogP contribution in [0.25, 0.3) is 10.9 Å². The molecule has 5 rings (SSSR count). The van der Waals surface area contributed by atoms with E-state index < -0.39 is 23.8 Å². The number of aliphatic carboxylic acids is 1. The smallest absolute Gasteiger partial charge is 0.327 e. The summed E-state index contributed by atoms with van der Waals surface area (Å²) in [5.74, 6) is -2.34. The third kappa shape index (κ3) is 3.26. The van der Waals surface area contributed by atoms with Crippen molar-refractivity contribution in [2.45, 2.75) is 19.0 Å². The minimum Gasteiger partial charge on any atom is -0.480 e. The first kappa shape index (κ1) is 19.8. The number of carboxylic acid groups (broad SMARTS) is 1. The van der Waals surface area contributed by atoms with Gasteiger partial charge >= 0.3 is 5.97 Å². The lowest BCUT2D eigenvalue weighted by Crippen LogP contribution is -2.46. The van der Waals surface area contributed by atoms with Crippen molar-refractivity contribution in [3.63, 3.8) is 0 Å². The SMILES string of the molecule is O=C(O)[C@H](Cc1cn(Cc2ccccc2)c2ccccc12)N1C(=O)c2ccccc2C1=O. The zero-order valence-corrected chi connectivity index (χ0v) is 17.1. The summed E-state index contributed by atoms with van der Waals surface area (Å²) in [6, 6.07) is 22.9. The lowest BCUT2D eigenvalue weighted by Gasteiger charge is -2.22. The van der Waals surface area contributed by atoms with E-state index in [4.69, 9.17) is 0 Å². The van der Waals surface area contributed by atoms with Crippen molar-refractivity contribution in [1.29, 1.82) is 0 Å². The van der Waals surface area contributed by atoms with Gasteiger partial charge in [-0.25, -0.2) is 4.79 Å². The number of amides is 2. The van der Waals surface area contributed by atoms with Crippen LogP contribution in [-0.2, 0) is 17.8 Å². The van der Waals surface area contributed by atoms with E-state index in [1.54, 1.807) is 24.3 Å². The molecular weight excluding hydrogens is 404 g/mol. The molecule has 1 aromatic heterocycles. The summed E-state index contributed by atoms with van der Waals surface area (Å²) < 4.78 is 2.07. The van der Waals surface area contributed by atoms with E-state index in [-0.39, 0.29) is 17.5 Å². The molecule has 1 aliphatic heterocycles. The second-order valence-corrected chi connectivity index (χ2v) is 7.87. The summed E-state index contributed by atoms with van der Waals surface area (Å²) in [5, 5.41) is 10.9. The van der Waals surface area contributed by atoms with Gasteiger partial charge in [0, 0.05) is 30.1 Å². The van der Waals surface area contributed by atoms with Gasteiger partial charge in [0.2, 0.25) is 0 Å². The van der Waals surface area contributed by atoms with E-state index in [9.17, 15) is 19.5 Å². The van der Waals surface area contributed by atoms with Gasteiger partial charge in [-0.3, -0.25) is 14.5 Å². The zero-order chi connectivity index (χ0) is 22.2. The third-order valence-electron chi connectivity index (χ3n) is 5.90. The number of carbonyl (C=O) groups is 3. The Morgan fingerprint density at radius 1 is 0.812 bits per heavy atom. The Morgan fingerprint density at radius 2 is 1.41 bits per heavy atom. The fourth-order valence-electron chi connectivity index (χ4n) is 4.38. The molecule has 0 spiro atoms. The number of aromatic nitrogens is 1. The molecule has 158 valence electrons. The molecule has 2 heterocycles. The first-order chi connectivity index (χ1) is 15.5. The van der Waals surface area contributed by atoms with Gasteiger partial charge in [-0.1, -0.05) is 60.7 Å². The van der Waals surface area contributed by atoms with Crippen LogP contribution in [-0.4, -0.2) is 38.4 Å². The Labute approximate surface area is 184 Å². The van der Waals surface area contributed by atoms with E-state index in [1.807, 2.05) is 60.8 Å². The second kappa shape index (κ2) is 7.81. The number of para-hydroxylation sites is 1. The fraction of sp³-hybridized carbons (Fsp3) is 0.115. The maximum atomic E-state index is 12.9. The number of imide groups is 1. The van der Waals surface area contributed by atoms with Crippen molar-refractivity contribution in [2.75, 3.05) is 0 Å².